The molecule has 3 N–H and O–H groups in total. The predicted molar refractivity (Wildman–Crippen MR) is 165 cm³/mol. The van der Waals surface area contributed by atoms with Gasteiger partial charge in [-0.15, -0.1) is 0 Å². The van der Waals surface area contributed by atoms with E-state index >= 15 is 0 Å². The standard InChI is InChI=1S/C31H28N4O.C4H6/c1-31(2)22-13-7-6-12-21(22)28-26(31)27(19-10-4-3-5-11-19)34-29(35-28)20-16-17-24(32-18-20)30-33-23-14-8-9-15-25(23)36-30;1-3-4-2/h3-17,28,30,32-33H,18H2,1-2H3,(H,34,35);3-4H,1-2H2. The molecule has 5 heteroatoms. The van der Waals surface area contributed by atoms with Crippen molar-refractivity contribution in [3.8, 4) is 5.75 Å². The maximum atomic E-state index is 6.10. The Morgan fingerprint density at radius 3 is 2.35 bits per heavy atom. The summed E-state index contributed by atoms with van der Waals surface area (Å²) in [5.74, 6) is 1.80. The van der Waals surface area contributed by atoms with Gasteiger partial charge in [-0.1, -0.05) is 112 Å². The van der Waals surface area contributed by atoms with Crippen LogP contribution in [0.4, 0.5) is 5.69 Å². The minimum atomic E-state index is -0.213. The maximum Gasteiger partial charge on any atom is 0.211 e. The molecular weight excluding hydrogens is 492 g/mol. The van der Waals surface area contributed by atoms with Crippen LogP contribution in [0.1, 0.15) is 36.6 Å². The molecule has 0 saturated heterocycles. The Hall–Kier alpha value is -4.77. The topological polar surface area (TPSA) is 57.7 Å². The number of rotatable bonds is 4. The Morgan fingerprint density at radius 2 is 1.62 bits per heavy atom. The molecule has 0 aromatic heterocycles. The average Bonchev–Trinajstić information content (AvgIpc) is 3.54. The number of nitrogens with zero attached hydrogens (tertiary/aromatic N) is 1. The number of hydrogen-bond donors (Lipinski definition) is 3. The maximum absolute atomic E-state index is 6.10. The third-order valence-electron chi connectivity index (χ3n) is 7.83. The second-order valence-corrected chi connectivity index (χ2v) is 10.6. The number of nitrogens with one attached hydrogen (secondary N) is 3. The first kappa shape index (κ1) is 25.5. The number of hydrogen-bond acceptors (Lipinski definition) is 5. The molecule has 0 fully saturated rings. The fraction of sp³-hybridized carbons (Fsp3) is 0.171. The largest absolute Gasteiger partial charge is 0.463 e. The Morgan fingerprint density at radius 1 is 0.900 bits per heavy atom. The summed E-state index contributed by atoms with van der Waals surface area (Å²) < 4.78 is 6.10. The fourth-order valence-corrected chi connectivity index (χ4v) is 5.85. The van der Waals surface area contributed by atoms with Crippen LogP contribution in [0.5, 0.6) is 5.75 Å². The summed E-state index contributed by atoms with van der Waals surface area (Å²) in [7, 11) is 0. The van der Waals surface area contributed by atoms with Gasteiger partial charge in [0, 0.05) is 23.2 Å². The second kappa shape index (κ2) is 10.4. The molecule has 3 aromatic carbocycles. The molecule has 2 unspecified atom stereocenters. The second-order valence-electron chi connectivity index (χ2n) is 10.6. The van der Waals surface area contributed by atoms with Gasteiger partial charge in [-0.25, -0.2) is 0 Å². The van der Waals surface area contributed by atoms with Crippen molar-refractivity contribution in [1.82, 2.24) is 10.6 Å². The lowest BCUT2D eigenvalue weighted by Gasteiger charge is -2.32. The lowest BCUT2D eigenvalue weighted by atomic mass is 9.79. The highest BCUT2D eigenvalue weighted by Crippen LogP contribution is 2.54. The van der Waals surface area contributed by atoms with Crippen molar-refractivity contribution in [2.75, 3.05) is 11.9 Å². The average molecular weight is 527 g/mol. The molecule has 7 rings (SSSR count). The van der Waals surface area contributed by atoms with Crippen LogP contribution in [-0.4, -0.2) is 18.6 Å². The van der Waals surface area contributed by atoms with Crippen molar-refractivity contribution in [3.05, 3.63) is 150 Å². The van der Waals surface area contributed by atoms with Crippen LogP contribution in [0.25, 0.3) is 5.70 Å². The van der Waals surface area contributed by atoms with Gasteiger partial charge in [-0.2, -0.15) is 0 Å². The number of para-hydroxylation sites is 2. The fourth-order valence-electron chi connectivity index (χ4n) is 5.85. The summed E-state index contributed by atoms with van der Waals surface area (Å²) in [6.45, 7) is 12.0. The van der Waals surface area contributed by atoms with Crippen molar-refractivity contribution in [2.45, 2.75) is 31.5 Å². The van der Waals surface area contributed by atoms with E-state index < -0.39 is 0 Å². The van der Waals surface area contributed by atoms with Gasteiger partial charge >= 0.3 is 0 Å². The first-order valence-corrected chi connectivity index (χ1v) is 13.7. The molecule has 2 atom stereocenters. The van der Waals surface area contributed by atoms with E-state index in [1.165, 1.54) is 28.0 Å². The number of benzene rings is 3. The summed E-state index contributed by atoms with van der Waals surface area (Å²) in [5.41, 5.74) is 9.39. The molecule has 3 heterocycles. The van der Waals surface area contributed by atoms with Gasteiger partial charge < -0.3 is 20.7 Å². The highest BCUT2D eigenvalue weighted by molar-refractivity contribution is 6.06. The van der Waals surface area contributed by atoms with E-state index in [1.807, 2.05) is 24.3 Å². The van der Waals surface area contributed by atoms with Crippen molar-refractivity contribution in [2.24, 2.45) is 4.99 Å². The van der Waals surface area contributed by atoms with E-state index in [2.05, 4.69) is 110 Å². The lowest BCUT2D eigenvalue weighted by molar-refractivity contribution is 0.280. The summed E-state index contributed by atoms with van der Waals surface area (Å²) in [6, 6.07) is 27.4. The first-order valence-electron chi connectivity index (χ1n) is 13.7. The molecule has 0 bridgehead atoms. The number of fused-ring (bicyclic) bond motifs is 4. The summed E-state index contributed by atoms with van der Waals surface area (Å²) in [6.07, 6.45) is 7.32. The zero-order valence-corrected chi connectivity index (χ0v) is 22.9. The van der Waals surface area contributed by atoms with E-state index in [-0.39, 0.29) is 17.7 Å². The van der Waals surface area contributed by atoms with Crippen molar-refractivity contribution in [1.29, 1.82) is 0 Å². The minimum absolute atomic E-state index is 0.00302. The third-order valence-corrected chi connectivity index (χ3v) is 7.83. The molecule has 3 aliphatic heterocycles. The summed E-state index contributed by atoms with van der Waals surface area (Å²) >= 11 is 0. The molecule has 5 nitrogen and oxygen atoms in total. The monoisotopic (exact) mass is 526 g/mol. The normalized spacial score (nSPS) is 21.2. The molecule has 0 saturated carbocycles. The number of amidine groups is 1. The van der Waals surface area contributed by atoms with Gasteiger partial charge in [-0.05, 0) is 40.5 Å². The molecule has 0 spiro atoms. The molecular formula is C35H34N4O. The number of dihydropyridines is 1. The van der Waals surface area contributed by atoms with Crippen LogP contribution in [-0.2, 0) is 5.41 Å². The lowest BCUT2D eigenvalue weighted by Crippen LogP contribution is -2.39. The predicted octanol–water partition coefficient (Wildman–Crippen LogP) is 7.03. The molecule has 0 amide bonds. The van der Waals surface area contributed by atoms with Crippen molar-refractivity contribution < 1.29 is 4.74 Å². The van der Waals surface area contributed by atoms with Crippen LogP contribution in [0.2, 0.25) is 0 Å². The number of anilines is 1. The van der Waals surface area contributed by atoms with Crippen molar-refractivity contribution >= 4 is 17.2 Å². The summed E-state index contributed by atoms with van der Waals surface area (Å²) in [4.78, 5) is 5.30. The molecule has 0 radical (unpaired) electrons. The molecule has 4 aliphatic rings. The van der Waals surface area contributed by atoms with E-state index in [1.54, 1.807) is 12.2 Å². The van der Waals surface area contributed by atoms with Gasteiger partial charge in [-0.3, -0.25) is 4.99 Å². The van der Waals surface area contributed by atoms with Gasteiger partial charge in [0.25, 0.3) is 0 Å². The Balaban J connectivity index is 0.000000680. The van der Waals surface area contributed by atoms with Crippen LogP contribution < -0.4 is 20.7 Å². The highest BCUT2D eigenvalue weighted by atomic mass is 16.5. The van der Waals surface area contributed by atoms with E-state index in [4.69, 9.17) is 9.73 Å². The quantitative estimate of drug-likeness (QED) is 0.319. The van der Waals surface area contributed by atoms with Gasteiger partial charge in [0.05, 0.1) is 11.4 Å². The Kier molecular flexibility index (Phi) is 6.64. The van der Waals surface area contributed by atoms with Crippen LogP contribution >= 0.6 is 0 Å². The van der Waals surface area contributed by atoms with E-state index in [0.717, 1.165) is 28.5 Å². The molecule has 200 valence electrons. The zero-order valence-electron chi connectivity index (χ0n) is 22.9. The van der Waals surface area contributed by atoms with Crippen LogP contribution in [0, 0.1) is 0 Å². The zero-order chi connectivity index (χ0) is 27.7. The Labute approximate surface area is 236 Å². The van der Waals surface area contributed by atoms with Crippen LogP contribution in [0.3, 0.4) is 0 Å². The van der Waals surface area contributed by atoms with E-state index in [0.29, 0.717) is 6.54 Å². The van der Waals surface area contributed by atoms with Gasteiger partial charge in [0.15, 0.2) is 0 Å². The SMILES string of the molecule is C=CC=C.CC1(C)C2=C(c3ccccc3)NC(C3=CC=C(C4Nc5ccccc5O4)NC3)=NC2c2ccccc21. The molecule has 1 aliphatic carbocycles. The minimum Gasteiger partial charge on any atom is -0.463 e. The first-order chi connectivity index (χ1) is 19.5. The highest BCUT2D eigenvalue weighted by Gasteiger charge is 2.45. The van der Waals surface area contributed by atoms with E-state index in [9.17, 15) is 0 Å². The smallest absolute Gasteiger partial charge is 0.211 e. The van der Waals surface area contributed by atoms with Crippen LogP contribution in [0.15, 0.2) is 138 Å². The number of aliphatic imine (C=N–C) groups is 1. The third kappa shape index (κ3) is 4.43. The van der Waals surface area contributed by atoms with Crippen molar-refractivity contribution in [3.63, 3.8) is 0 Å². The number of allylic oxidation sites excluding steroid dienone is 4. The molecule has 3 aromatic rings. The van der Waals surface area contributed by atoms with Gasteiger partial charge in [0.2, 0.25) is 6.23 Å². The molecule has 40 heavy (non-hydrogen) atoms. The Bertz CT molecular complexity index is 1560. The summed E-state index contributed by atoms with van der Waals surface area (Å²) in [5, 5.41) is 10.7. The van der Waals surface area contributed by atoms with Gasteiger partial charge in [0.1, 0.15) is 17.6 Å². The number of ether oxygens (including phenoxy) is 1.